The zero-order chi connectivity index (χ0) is 12.4. The third-order valence-electron chi connectivity index (χ3n) is 2.29. The van der Waals surface area contributed by atoms with E-state index in [0.717, 1.165) is 0 Å². The molecule has 7 heteroatoms. The predicted molar refractivity (Wildman–Crippen MR) is 57.5 cm³/mol. The molecular weight excluding hydrogens is 234 g/mol. The molecule has 0 aliphatic carbocycles. The van der Waals surface area contributed by atoms with Gasteiger partial charge in [-0.05, 0) is 6.92 Å². The molecule has 1 heterocycles. The SMILES string of the molecule is C=CCS(=O)(=O)N1CC(C)(OCC(=O)O)C1. The van der Waals surface area contributed by atoms with Crippen LogP contribution in [0.1, 0.15) is 6.92 Å². The molecule has 0 unspecified atom stereocenters. The van der Waals surface area contributed by atoms with E-state index in [2.05, 4.69) is 6.58 Å². The number of carbonyl (C=O) groups is 1. The average molecular weight is 249 g/mol. The van der Waals surface area contributed by atoms with Gasteiger partial charge in [0.05, 0.1) is 11.4 Å². The van der Waals surface area contributed by atoms with Crippen molar-refractivity contribution in [3.8, 4) is 0 Å². The quantitative estimate of drug-likeness (QED) is 0.652. The lowest BCUT2D eigenvalue weighted by Crippen LogP contribution is -2.63. The van der Waals surface area contributed by atoms with Gasteiger partial charge in [-0.25, -0.2) is 13.2 Å². The Bertz CT molecular complexity index is 383. The lowest BCUT2D eigenvalue weighted by molar-refractivity contribution is -0.157. The summed E-state index contributed by atoms with van der Waals surface area (Å²) in [6.07, 6.45) is 1.32. The first-order valence-electron chi connectivity index (χ1n) is 4.73. The van der Waals surface area contributed by atoms with E-state index in [4.69, 9.17) is 9.84 Å². The maximum Gasteiger partial charge on any atom is 0.329 e. The first-order valence-corrected chi connectivity index (χ1v) is 6.34. The minimum Gasteiger partial charge on any atom is -0.480 e. The largest absolute Gasteiger partial charge is 0.480 e. The van der Waals surface area contributed by atoms with Gasteiger partial charge >= 0.3 is 5.97 Å². The van der Waals surface area contributed by atoms with Gasteiger partial charge in [0.25, 0.3) is 0 Å². The summed E-state index contributed by atoms with van der Waals surface area (Å²) >= 11 is 0. The molecule has 0 bridgehead atoms. The fraction of sp³-hybridized carbons (Fsp3) is 0.667. The smallest absolute Gasteiger partial charge is 0.329 e. The van der Waals surface area contributed by atoms with Crippen molar-refractivity contribution in [2.75, 3.05) is 25.4 Å². The van der Waals surface area contributed by atoms with E-state index < -0.39 is 28.2 Å². The van der Waals surface area contributed by atoms with Crippen LogP contribution in [0.25, 0.3) is 0 Å². The Kier molecular flexibility index (Phi) is 3.72. The van der Waals surface area contributed by atoms with Crippen molar-refractivity contribution in [2.45, 2.75) is 12.5 Å². The number of sulfonamides is 1. The third-order valence-corrected chi connectivity index (χ3v) is 3.99. The van der Waals surface area contributed by atoms with E-state index in [9.17, 15) is 13.2 Å². The standard InChI is InChI=1S/C9H15NO5S/c1-3-4-16(13,14)10-6-9(2,7-10)15-5-8(11)12/h3H,1,4-7H2,2H3,(H,11,12). The average Bonchev–Trinajstić information content (AvgIpc) is 2.10. The van der Waals surface area contributed by atoms with Gasteiger partial charge < -0.3 is 9.84 Å². The highest BCUT2D eigenvalue weighted by Gasteiger charge is 2.45. The van der Waals surface area contributed by atoms with Crippen LogP contribution in [-0.2, 0) is 19.6 Å². The molecule has 0 radical (unpaired) electrons. The van der Waals surface area contributed by atoms with E-state index in [0.29, 0.717) is 0 Å². The molecule has 0 aromatic carbocycles. The van der Waals surface area contributed by atoms with E-state index >= 15 is 0 Å². The second-order valence-corrected chi connectivity index (χ2v) is 5.98. The second-order valence-electron chi connectivity index (χ2n) is 3.97. The number of hydrogen-bond acceptors (Lipinski definition) is 4. The molecule has 16 heavy (non-hydrogen) atoms. The molecule has 0 spiro atoms. The first kappa shape index (κ1) is 13.1. The van der Waals surface area contributed by atoms with Gasteiger partial charge in [-0.3, -0.25) is 0 Å². The molecule has 1 fully saturated rings. The summed E-state index contributed by atoms with van der Waals surface area (Å²) in [5, 5.41) is 8.44. The molecular formula is C9H15NO5S. The third kappa shape index (κ3) is 3.03. The van der Waals surface area contributed by atoms with Crippen molar-refractivity contribution in [1.82, 2.24) is 4.31 Å². The van der Waals surface area contributed by atoms with Gasteiger partial charge in [0, 0.05) is 13.1 Å². The zero-order valence-electron chi connectivity index (χ0n) is 9.05. The normalized spacial score (nSPS) is 20.1. The van der Waals surface area contributed by atoms with Gasteiger partial charge in [0.1, 0.15) is 6.61 Å². The van der Waals surface area contributed by atoms with Gasteiger partial charge in [-0.1, -0.05) is 6.08 Å². The van der Waals surface area contributed by atoms with Gasteiger partial charge in [0.2, 0.25) is 10.0 Å². The van der Waals surface area contributed by atoms with Crippen LogP contribution < -0.4 is 0 Å². The van der Waals surface area contributed by atoms with Crippen molar-refractivity contribution in [3.63, 3.8) is 0 Å². The zero-order valence-corrected chi connectivity index (χ0v) is 9.87. The number of rotatable bonds is 6. The summed E-state index contributed by atoms with van der Waals surface area (Å²) in [7, 11) is -3.30. The van der Waals surface area contributed by atoms with Crippen molar-refractivity contribution >= 4 is 16.0 Å². The van der Waals surface area contributed by atoms with Crippen molar-refractivity contribution < 1.29 is 23.1 Å². The Morgan fingerprint density at radius 1 is 1.62 bits per heavy atom. The molecule has 1 N–H and O–H groups in total. The Hall–Kier alpha value is -0.920. The molecule has 0 aromatic rings. The summed E-state index contributed by atoms with van der Waals surface area (Å²) in [6, 6.07) is 0. The van der Waals surface area contributed by atoms with Crippen LogP contribution in [0.15, 0.2) is 12.7 Å². The van der Waals surface area contributed by atoms with E-state index in [1.807, 2.05) is 0 Å². The van der Waals surface area contributed by atoms with E-state index in [1.165, 1.54) is 10.4 Å². The van der Waals surface area contributed by atoms with Crippen LogP contribution in [0.5, 0.6) is 0 Å². The van der Waals surface area contributed by atoms with Crippen LogP contribution >= 0.6 is 0 Å². The van der Waals surface area contributed by atoms with Crippen molar-refractivity contribution in [3.05, 3.63) is 12.7 Å². The second kappa shape index (κ2) is 4.52. The van der Waals surface area contributed by atoms with Crippen LogP contribution in [-0.4, -0.2) is 54.8 Å². The van der Waals surface area contributed by atoms with Crippen LogP contribution in [0.2, 0.25) is 0 Å². The molecule has 0 saturated carbocycles. The number of carboxylic acids is 1. The van der Waals surface area contributed by atoms with Crippen LogP contribution in [0.3, 0.4) is 0 Å². The summed E-state index contributed by atoms with van der Waals surface area (Å²) < 4.78 is 29.4. The van der Waals surface area contributed by atoms with Crippen LogP contribution in [0.4, 0.5) is 0 Å². The molecule has 1 rings (SSSR count). The maximum absolute atomic E-state index is 11.5. The molecule has 1 saturated heterocycles. The van der Waals surface area contributed by atoms with E-state index in [1.54, 1.807) is 6.92 Å². The first-order chi connectivity index (χ1) is 7.29. The minimum atomic E-state index is -3.30. The summed E-state index contributed by atoms with van der Waals surface area (Å²) in [5.41, 5.74) is -0.688. The summed E-state index contributed by atoms with van der Waals surface area (Å²) in [4.78, 5) is 10.3. The monoisotopic (exact) mass is 249 g/mol. The fourth-order valence-electron chi connectivity index (χ4n) is 1.48. The van der Waals surface area contributed by atoms with E-state index in [-0.39, 0.29) is 18.8 Å². The fourth-order valence-corrected chi connectivity index (χ4v) is 2.93. The lowest BCUT2D eigenvalue weighted by Gasteiger charge is -2.45. The highest BCUT2D eigenvalue weighted by atomic mass is 32.2. The predicted octanol–water partition coefficient (Wildman–Crippen LogP) is -0.322. The molecule has 1 aliphatic heterocycles. The number of carboxylic acid groups (broad SMARTS) is 1. The Labute approximate surface area is 94.6 Å². The number of hydrogen-bond donors (Lipinski definition) is 1. The van der Waals surface area contributed by atoms with Crippen molar-refractivity contribution in [2.24, 2.45) is 0 Å². The van der Waals surface area contributed by atoms with Crippen molar-refractivity contribution in [1.29, 1.82) is 0 Å². The maximum atomic E-state index is 11.5. The molecule has 0 atom stereocenters. The van der Waals surface area contributed by atoms with Crippen LogP contribution in [0, 0.1) is 0 Å². The summed E-state index contributed by atoms with van der Waals surface area (Å²) in [6.45, 7) is 5.03. The number of ether oxygens (including phenoxy) is 1. The minimum absolute atomic E-state index is 0.109. The highest BCUT2D eigenvalue weighted by molar-refractivity contribution is 7.89. The molecule has 1 aliphatic rings. The topological polar surface area (TPSA) is 83.9 Å². The summed E-state index contributed by atoms with van der Waals surface area (Å²) in [5.74, 6) is -1.17. The molecule has 92 valence electrons. The Balaban J connectivity index is 2.47. The Morgan fingerprint density at radius 2 is 2.19 bits per heavy atom. The number of nitrogens with zero attached hydrogens (tertiary/aromatic N) is 1. The highest BCUT2D eigenvalue weighted by Crippen LogP contribution is 2.27. The van der Waals surface area contributed by atoms with Gasteiger partial charge in [0.15, 0.2) is 0 Å². The number of aliphatic carboxylic acids is 1. The molecule has 0 aromatic heterocycles. The molecule has 6 nitrogen and oxygen atoms in total. The molecule has 0 amide bonds. The Morgan fingerprint density at radius 3 is 2.62 bits per heavy atom. The van der Waals surface area contributed by atoms with Gasteiger partial charge in [-0.15, -0.1) is 6.58 Å². The lowest BCUT2D eigenvalue weighted by atomic mass is 10.0. The van der Waals surface area contributed by atoms with Gasteiger partial charge in [-0.2, -0.15) is 4.31 Å².